The number of nitrogens with zero attached hydrogens (tertiary/aromatic N) is 4. The molecule has 106 valence electrons. The number of anilines is 1. The van der Waals surface area contributed by atoms with Gasteiger partial charge in [-0.3, -0.25) is 0 Å². The number of halogens is 1. The molecule has 3 rings (SSSR count). The zero-order chi connectivity index (χ0) is 14.2. The van der Waals surface area contributed by atoms with Gasteiger partial charge in [-0.15, -0.1) is 5.10 Å². The predicted molar refractivity (Wildman–Crippen MR) is 74.4 cm³/mol. The molecule has 1 aromatic heterocycles. The first kappa shape index (κ1) is 13.0. The molecule has 0 radical (unpaired) electrons. The predicted octanol–water partition coefficient (Wildman–Crippen LogP) is 2.74. The normalized spacial score (nSPS) is 18.1. The van der Waals surface area contributed by atoms with E-state index in [2.05, 4.69) is 22.4 Å². The Hall–Kier alpha value is -1.98. The Morgan fingerprint density at radius 2 is 1.95 bits per heavy atom. The number of hydrogen-bond acceptors (Lipinski definition) is 4. The maximum Gasteiger partial charge on any atom is 0.182 e. The van der Waals surface area contributed by atoms with Crippen LogP contribution < -0.4 is 5.73 Å². The van der Waals surface area contributed by atoms with E-state index >= 15 is 0 Å². The van der Waals surface area contributed by atoms with Crippen molar-refractivity contribution in [2.24, 2.45) is 0 Å². The van der Waals surface area contributed by atoms with Crippen molar-refractivity contribution in [3.63, 3.8) is 0 Å². The van der Waals surface area contributed by atoms with Crippen molar-refractivity contribution in [3.05, 3.63) is 24.0 Å². The highest BCUT2D eigenvalue weighted by atomic mass is 19.1. The molecule has 6 heteroatoms. The van der Waals surface area contributed by atoms with Crippen LogP contribution >= 0.6 is 0 Å². The van der Waals surface area contributed by atoms with Crippen LogP contribution in [0.1, 0.15) is 39.0 Å². The highest BCUT2D eigenvalue weighted by Gasteiger charge is 2.32. The van der Waals surface area contributed by atoms with Crippen molar-refractivity contribution >= 4 is 5.69 Å². The van der Waals surface area contributed by atoms with Gasteiger partial charge in [-0.25, -0.2) is 9.07 Å². The third-order valence-electron chi connectivity index (χ3n) is 4.09. The summed E-state index contributed by atoms with van der Waals surface area (Å²) in [6.45, 7) is 2.16. The largest absolute Gasteiger partial charge is 0.399 e. The van der Waals surface area contributed by atoms with Crippen molar-refractivity contribution in [2.75, 3.05) is 5.73 Å². The zero-order valence-electron chi connectivity index (χ0n) is 11.5. The van der Waals surface area contributed by atoms with Crippen LogP contribution in [-0.2, 0) is 5.54 Å². The van der Waals surface area contributed by atoms with Crippen LogP contribution in [0.2, 0.25) is 0 Å². The molecule has 5 nitrogen and oxygen atoms in total. The Labute approximate surface area is 117 Å². The van der Waals surface area contributed by atoms with Crippen LogP contribution in [0.3, 0.4) is 0 Å². The van der Waals surface area contributed by atoms with E-state index in [1.54, 1.807) is 6.07 Å². The van der Waals surface area contributed by atoms with Gasteiger partial charge in [0.25, 0.3) is 0 Å². The lowest BCUT2D eigenvalue weighted by molar-refractivity contribution is 0.197. The number of nitrogen functional groups attached to an aromatic ring is 1. The topological polar surface area (TPSA) is 69.6 Å². The number of benzene rings is 1. The van der Waals surface area contributed by atoms with E-state index in [0.717, 1.165) is 12.8 Å². The van der Waals surface area contributed by atoms with E-state index in [-0.39, 0.29) is 11.4 Å². The Kier molecular flexibility index (Phi) is 3.16. The minimum atomic E-state index is -0.372. The number of rotatable bonds is 2. The van der Waals surface area contributed by atoms with Crippen molar-refractivity contribution < 1.29 is 4.39 Å². The SMILES string of the molecule is CC1(n2nnnc2-c2cc(N)cc(F)c2)CCCCC1. The number of tetrazole rings is 1. The van der Waals surface area contributed by atoms with E-state index < -0.39 is 0 Å². The van der Waals surface area contributed by atoms with Crippen LogP contribution in [0.4, 0.5) is 10.1 Å². The van der Waals surface area contributed by atoms with Gasteiger partial charge in [0.1, 0.15) is 5.82 Å². The van der Waals surface area contributed by atoms with Gasteiger partial charge in [0.15, 0.2) is 5.82 Å². The summed E-state index contributed by atoms with van der Waals surface area (Å²) in [6, 6.07) is 4.42. The quantitative estimate of drug-likeness (QED) is 0.855. The molecule has 1 aromatic carbocycles. The van der Waals surface area contributed by atoms with E-state index in [4.69, 9.17) is 5.73 Å². The summed E-state index contributed by atoms with van der Waals surface area (Å²) in [5, 5.41) is 12.0. The molecule has 0 amide bonds. The van der Waals surface area contributed by atoms with Crippen LogP contribution in [0.25, 0.3) is 11.4 Å². The van der Waals surface area contributed by atoms with E-state index in [1.807, 2.05) is 4.68 Å². The highest BCUT2D eigenvalue weighted by Crippen LogP contribution is 2.36. The molecule has 2 N–H and O–H groups in total. The van der Waals surface area contributed by atoms with Crippen LogP contribution in [-0.4, -0.2) is 20.2 Å². The fourth-order valence-corrected chi connectivity index (χ4v) is 3.00. The molecular weight excluding hydrogens is 257 g/mol. The van der Waals surface area contributed by atoms with Gasteiger partial charge < -0.3 is 5.73 Å². The molecule has 1 saturated carbocycles. The summed E-state index contributed by atoms with van der Waals surface area (Å²) in [5.74, 6) is 0.212. The number of hydrogen-bond donors (Lipinski definition) is 1. The van der Waals surface area contributed by atoms with Crippen LogP contribution in [0, 0.1) is 5.82 Å². The first-order chi connectivity index (χ1) is 9.58. The minimum Gasteiger partial charge on any atom is -0.399 e. The standard InChI is InChI=1S/C14H18FN5/c1-14(5-3-2-4-6-14)20-13(17-18-19-20)10-7-11(15)9-12(16)8-10/h7-9H,2-6,16H2,1H3. The van der Waals surface area contributed by atoms with Gasteiger partial charge in [0.2, 0.25) is 0 Å². The molecule has 0 spiro atoms. The highest BCUT2D eigenvalue weighted by molar-refractivity contribution is 5.61. The third-order valence-corrected chi connectivity index (χ3v) is 4.09. The molecule has 20 heavy (non-hydrogen) atoms. The van der Waals surface area contributed by atoms with Gasteiger partial charge in [0, 0.05) is 11.3 Å². The summed E-state index contributed by atoms with van der Waals surface area (Å²) >= 11 is 0. The van der Waals surface area contributed by atoms with Crippen LogP contribution in [0.5, 0.6) is 0 Å². The van der Waals surface area contributed by atoms with Crippen molar-refractivity contribution in [1.82, 2.24) is 20.2 Å². The number of nitrogens with two attached hydrogens (primary N) is 1. The molecule has 1 fully saturated rings. The lowest BCUT2D eigenvalue weighted by atomic mass is 9.83. The zero-order valence-corrected chi connectivity index (χ0v) is 11.5. The maximum atomic E-state index is 13.5. The monoisotopic (exact) mass is 275 g/mol. The summed E-state index contributed by atoms with van der Waals surface area (Å²) in [5.41, 5.74) is 6.61. The summed E-state index contributed by atoms with van der Waals surface area (Å²) in [7, 11) is 0. The van der Waals surface area contributed by atoms with Gasteiger partial charge in [-0.1, -0.05) is 19.3 Å². The fourth-order valence-electron chi connectivity index (χ4n) is 3.00. The van der Waals surface area contributed by atoms with Crippen molar-refractivity contribution in [2.45, 2.75) is 44.6 Å². The van der Waals surface area contributed by atoms with E-state index in [9.17, 15) is 4.39 Å². The molecule has 1 aliphatic carbocycles. The second kappa shape index (κ2) is 4.85. The smallest absolute Gasteiger partial charge is 0.182 e. The lowest BCUT2D eigenvalue weighted by Gasteiger charge is -2.33. The lowest BCUT2D eigenvalue weighted by Crippen LogP contribution is -2.34. The molecule has 0 saturated heterocycles. The molecule has 2 aromatic rings. The minimum absolute atomic E-state index is 0.0990. The van der Waals surface area contributed by atoms with Crippen LogP contribution in [0.15, 0.2) is 18.2 Å². The summed E-state index contributed by atoms with van der Waals surface area (Å²) < 4.78 is 15.4. The summed E-state index contributed by atoms with van der Waals surface area (Å²) in [6.07, 6.45) is 5.66. The molecule has 1 aliphatic rings. The van der Waals surface area contributed by atoms with Gasteiger partial charge in [0.05, 0.1) is 5.54 Å². The van der Waals surface area contributed by atoms with Gasteiger partial charge in [-0.2, -0.15) is 0 Å². The number of aromatic nitrogens is 4. The second-order valence-electron chi connectivity index (χ2n) is 5.75. The van der Waals surface area contributed by atoms with Gasteiger partial charge >= 0.3 is 0 Å². The molecule has 0 atom stereocenters. The Morgan fingerprint density at radius 3 is 2.65 bits per heavy atom. The third kappa shape index (κ3) is 2.26. The molecule has 1 heterocycles. The Morgan fingerprint density at radius 1 is 1.20 bits per heavy atom. The fraction of sp³-hybridized carbons (Fsp3) is 0.500. The van der Waals surface area contributed by atoms with Crippen molar-refractivity contribution in [3.8, 4) is 11.4 Å². The molecular formula is C14H18FN5. The Bertz CT molecular complexity index is 596. The maximum absolute atomic E-state index is 13.5. The second-order valence-corrected chi connectivity index (χ2v) is 5.75. The first-order valence-electron chi connectivity index (χ1n) is 6.94. The molecule has 0 aliphatic heterocycles. The van der Waals surface area contributed by atoms with E-state index in [1.165, 1.54) is 31.4 Å². The Balaban J connectivity index is 2.05. The average Bonchev–Trinajstić information content (AvgIpc) is 2.88. The molecule has 0 bridgehead atoms. The molecule has 0 unspecified atom stereocenters. The van der Waals surface area contributed by atoms with E-state index in [0.29, 0.717) is 17.1 Å². The first-order valence-corrected chi connectivity index (χ1v) is 6.94. The average molecular weight is 275 g/mol. The summed E-state index contributed by atoms with van der Waals surface area (Å²) in [4.78, 5) is 0. The van der Waals surface area contributed by atoms with Gasteiger partial charge in [-0.05, 0) is 48.4 Å². The van der Waals surface area contributed by atoms with Crippen molar-refractivity contribution in [1.29, 1.82) is 0 Å².